The van der Waals surface area contributed by atoms with Gasteiger partial charge in [0.15, 0.2) is 5.75 Å². The molecule has 0 aliphatic heterocycles. The van der Waals surface area contributed by atoms with Gasteiger partial charge in [-0.15, -0.1) is 12.2 Å². The summed E-state index contributed by atoms with van der Waals surface area (Å²) < 4.78 is 0. The molecule has 12 nitrogen and oxygen atoms in total. The fourth-order valence-electron chi connectivity index (χ4n) is 5.31. The van der Waals surface area contributed by atoms with Crippen molar-refractivity contribution in [2.75, 3.05) is 5.32 Å². The SMILES string of the molecule is O=C(Cc1ccccc1)Nc1c(O)cc(O)c(C2C([O-])C(c3c(O)cc(O)c(N=CC(=O)c4ccccc4)c3O)C2[O-])c1O. The molecule has 7 N–H and O–H groups in total. The Kier molecular flexibility index (Phi) is 8.12. The van der Waals surface area contributed by atoms with Gasteiger partial charge >= 0.3 is 0 Å². The Bertz CT molecular complexity index is 1750. The molecule has 1 aliphatic carbocycles. The molecule has 0 heterocycles. The van der Waals surface area contributed by atoms with Crippen molar-refractivity contribution in [1.82, 2.24) is 0 Å². The fourth-order valence-corrected chi connectivity index (χ4v) is 5.31. The number of nitrogens with one attached hydrogen (secondary N) is 1. The molecule has 2 unspecified atom stereocenters. The summed E-state index contributed by atoms with van der Waals surface area (Å²) in [6.45, 7) is 0. The number of amides is 1. The molecule has 1 aliphatic rings. The van der Waals surface area contributed by atoms with Crippen LogP contribution in [0.25, 0.3) is 0 Å². The molecule has 0 spiro atoms. The van der Waals surface area contributed by atoms with E-state index in [0.29, 0.717) is 5.56 Å². The lowest BCUT2D eigenvalue weighted by molar-refractivity contribution is -0.536. The molecule has 2 atom stereocenters. The molecular formula is C32H26N2O10-2. The van der Waals surface area contributed by atoms with E-state index in [1.54, 1.807) is 48.5 Å². The van der Waals surface area contributed by atoms with Crippen LogP contribution >= 0.6 is 0 Å². The highest BCUT2D eigenvalue weighted by molar-refractivity contribution is 6.35. The van der Waals surface area contributed by atoms with E-state index in [2.05, 4.69) is 10.3 Å². The molecule has 12 heteroatoms. The average Bonchev–Trinajstić information content (AvgIpc) is 3.00. The quantitative estimate of drug-likeness (QED) is 0.0676. The van der Waals surface area contributed by atoms with Gasteiger partial charge in [-0.3, -0.25) is 9.59 Å². The monoisotopic (exact) mass is 598 g/mol. The second kappa shape index (κ2) is 12.0. The van der Waals surface area contributed by atoms with Gasteiger partial charge < -0.3 is 46.2 Å². The van der Waals surface area contributed by atoms with E-state index in [4.69, 9.17) is 0 Å². The number of ketones is 1. The van der Waals surface area contributed by atoms with Crippen molar-refractivity contribution in [3.63, 3.8) is 0 Å². The molecule has 5 rings (SSSR count). The minimum Gasteiger partial charge on any atom is -0.851 e. The van der Waals surface area contributed by atoms with Crippen LogP contribution in [0.4, 0.5) is 11.4 Å². The molecular weight excluding hydrogens is 572 g/mol. The van der Waals surface area contributed by atoms with Crippen LogP contribution in [0.3, 0.4) is 0 Å². The lowest BCUT2D eigenvalue weighted by Crippen LogP contribution is -2.63. The highest BCUT2D eigenvalue weighted by Crippen LogP contribution is 2.58. The summed E-state index contributed by atoms with van der Waals surface area (Å²) >= 11 is 0. The maximum atomic E-state index is 13.4. The van der Waals surface area contributed by atoms with Crippen molar-refractivity contribution in [2.45, 2.75) is 30.5 Å². The highest BCUT2D eigenvalue weighted by Gasteiger charge is 2.44. The molecule has 0 aromatic heterocycles. The van der Waals surface area contributed by atoms with Crippen LogP contribution in [-0.2, 0) is 11.2 Å². The van der Waals surface area contributed by atoms with Crippen LogP contribution in [0.1, 0.15) is 38.9 Å². The van der Waals surface area contributed by atoms with Crippen LogP contribution in [0, 0.1) is 0 Å². The molecule has 0 radical (unpaired) electrons. The number of hydrogen-bond acceptors (Lipinski definition) is 11. The predicted molar refractivity (Wildman–Crippen MR) is 154 cm³/mol. The van der Waals surface area contributed by atoms with E-state index >= 15 is 0 Å². The Labute approximate surface area is 250 Å². The lowest BCUT2D eigenvalue weighted by atomic mass is 9.62. The number of hydrogen-bond donors (Lipinski definition) is 7. The van der Waals surface area contributed by atoms with Crippen molar-refractivity contribution in [2.24, 2.45) is 4.99 Å². The molecule has 1 fully saturated rings. The van der Waals surface area contributed by atoms with Crippen LogP contribution in [0.15, 0.2) is 77.8 Å². The highest BCUT2D eigenvalue weighted by atomic mass is 16.3. The molecule has 0 bridgehead atoms. The number of carbonyl (C=O) groups is 2. The van der Waals surface area contributed by atoms with Crippen LogP contribution < -0.4 is 15.5 Å². The van der Waals surface area contributed by atoms with Gasteiger partial charge in [-0.1, -0.05) is 60.7 Å². The summed E-state index contributed by atoms with van der Waals surface area (Å²) in [5.74, 6) is -9.29. The number of rotatable bonds is 8. The Hall–Kier alpha value is -5.59. The summed E-state index contributed by atoms with van der Waals surface area (Å²) in [7, 11) is 0. The van der Waals surface area contributed by atoms with E-state index in [-0.39, 0.29) is 12.0 Å². The second-order valence-corrected chi connectivity index (χ2v) is 10.3. The van der Waals surface area contributed by atoms with Crippen molar-refractivity contribution in [3.8, 4) is 34.5 Å². The van der Waals surface area contributed by atoms with Gasteiger partial charge in [0.05, 0.1) is 12.6 Å². The van der Waals surface area contributed by atoms with Gasteiger partial charge in [0.25, 0.3) is 0 Å². The van der Waals surface area contributed by atoms with Gasteiger partial charge in [-0.2, -0.15) is 0 Å². The summed E-state index contributed by atoms with van der Waals surface area (Å²) in [6.07, 6.45) is -3.23. The first-order valence-corrected chi connectivity index (χ1v) is 13.3. The van der Waals surface area contributed by atoms with E-state index < -0.39 is 92.7 Å². The van der Waals surface area contributed by atoms with Gasteiger partial charge in [0, 0.05) is 28.8 Å². The lowest BCUT2D eigenvalue weighted by Gasteiger charge is -2.61. The Morgan fingerprint density at radius 1 is 0.727 bits per heavy atom. The number of anilines is 1. The number of aromatic hydroxyl groups is 6. The van der Waals surface area contributed by atoms with Crippen molar-refractivity contribution < 1.29 is 50.4 Å². The van der Waals surface area contributed by atoms with Crippen LogP contribution in [0.5, 0.6) is 34.5 Å². The summed E-state index contributed by atoms with van der Waals surface area (Å²) in [4.78, 5) is 28.8. The van der Waals surface area contributed by atoms with E-state index in [1.807, 2.05) is 0 Å². The van der Waals surface area contributed by atoms with E-state index in [1.165, 1.54) is 12.1 Å². The number of phenols is 6. The molecule has 1 amide bonds. The fraction of sp³-hybridized carbons (Fsp3) is 0.156. The number of benzene rings is 4. The number of Topliss-reactive ketones (excluding diaryl/α,β-unsaturated/α-hetero) is 1. The smallest absolute Gasteiger partial charge is 0.228 e. The third-order valence-corrected chi connectivity index (χ3v) is 7.49. The third-order valence-electron chi connectivity index (χ3n) is 7.49. The first kappa shape index (κ1) is 29.9. The first-order chi connectivity index (χ1) is 21.0. The minimum absolute atomic E-state index is 0.128. The summed E-state index contributed by atoms with van der Waals surface area (Å²) in [5, 5.41) is 92.6. The maximum Gasteiger partial charge on any atom is 0.228 e. The molecule has 4 aromatic rings. The largest absolute Gasteiger partial charge is 0.851 e. The third kappa shape index (κ3) is 5.46. The number of carbonyl (C=O) groups excluding carboxylic acids is 2. The van der Waals surface area contributed by atoms with Crippen molar-refractivity contribution in [1.29, 1.82) is 0 Å². The number of phenolic OH excluding ortho intramolecular Hbond substituents is 6. The zero-order valence-electron chi connectivity index (χ0n) is 22.8. The maximum absolute atomic E-state index is 13.4. The summed E-state index contributed by atoms with van der Waals surface area (Å²) in [6, 6.07) is 18.1. The molecule has 1 saturated carbocycles. The molecule has 0 saturated heterocycles. The zero-order chi connectivity index (χ0) is 31.7. The van der Waals surface area contributed by atoms with E-state index in [0.717, 1.165) is 18.3 Å². The predicted octanol–water partition coefficient (Wildman–Crippen LogP) is 2.03. The first-order valence-electron chi connectivity index (χ1n) is 13.3. The van der Waals surface area contributed by atoms with Crippen molar-refractivity contribution in [3.05, 3.63) is 95.1 Å². The number of aliphatic imine (C=N–C) groups is 1. The van der Waals surface area contributed by atoms with Gasteiger partial charge in [-0.25, -0.2) is 4.99 Å². The number of nitrogens with zero attached hydrogens (tertiary/aromatic N) is 1. The standard InChI is InChI=1S/C32H26N2O10/c35-17-12-19(37)27(33-14-21(39)16-9-5-2-6-10-16)31(43)23(17)25-29(41)26(30(25)42)24-18(36)13-20(38)28(32(24)44)34-22(40)11-15-7-3-1-4-8-15/h1-10,12-14,25-26,29-30,35-38,43-44H,11H2,(H,34,40)/q-2. The molecule has 4 aromatic carbocycles. The zero-order valence-corrected chi connectivity index (χ0v) is 22.8. The Morgan fingerprint density at radius 3 is 1.84 bits per heavy atom. The normalized spacial score (nSPS) is 19.4. The molecule has 226 valence electrons. The average molecular weight is 599 g/mol. The van der Waals surface area contributed by atoms with Crippen LogP contribution in [-0.4, -0.2) is 60.8 Å². The Morgan fingerprint density at radius 2 is 1.25 bits per heavy atom. The summed E-state index contributed by atoms with van der Waals surface area (Å²) in [5.41, 5.74) is -1.25. The van der Waals surface area contributed by atoms with Crippen molar-refractivity contribution >= 4 is 29.3 Å². The minimum atomic E-state index is -1.96. The second-order valence-electron chi connectivity index (χ2n) is 10.3. The Balaban J connectivity index is 1.43. The van der Waals surface area contributed by atoms with Crippen LogP contribution in [0.2, 0.25) is 0 Å². The molecule has 44 heavy (non-hydrogen) atoms. The van der Waals surface area contributed by atoms with Gasteiger partial charge in [0.1, 0.15) is 40.1 Å². The van der Waals surface area contributed by atoms with E-state index in [9.17, 15) is 50.4 Å². The topological polar surface area (TPSA) is 226 Å². The van der Waals surface area contributed by atoms with Gasteiger partial charge in [-0.05, 0) is 17.4 Å². The van der Waals surface area contributed by atoms with Gasteiger partial charge in [0.2, 0.25) is 11.7 Å².